The van der Waals surface area contributed by atoms with Gasteiger partial charge in [0.15, 0.2) is 15.6 Å². The Morgan fingerprint density at radius 1 is 1.14 bits per heavy atom. The molecule has 2 aromatic heterocycles. The summed E-state index contributed by atoms with van der Waals surface area (Å²) in [7, 11) is 1.28. The van der Waals surface area contributed by atoms with Gasteiger partial charge >= 0.3 is 5.97 Å². The van der Waals surface area contributed by atoms with Crippen molar-refractivity contribution in [2.45, 2.75) is 35.4 Å². The molecule has 224 valence electrons. The number of nitrogens with two attached hydrogens (primary N) is 1. The number of aromatic nitrogens is 4. The first-order valence-electron chi connectivity index (χ1n) is 13.3. The Hall–Kier alpha value is -4.67. The summed E-state index contributed by atoms with van der Waals surface area (Å²) in [6, 6.07) is 17.3. The summed E-state index contributed by atoms with van der Waals surface area (Å²) in [6.07, 6.45) is 0.206. The molecule has 2 aromatic carbocycles. The van der Waals surface area contributed by atoms with E-state index >= 15 is 0 Å². The first-order chi connectivity index (χ1) is 21.4. The number of amides is 2. The number of nitrogens with one attached hydrogen (secondary N) is 1. The van der Waals surface area contributed by atoms with Gasteiger partial charge in [-0.3, -0.25) is 14.5 Å². The van der Waals surface area contributed by atoms with Crippen LogP contribution in [0.15, 0.2) is 86.3 Å². The van der Waals surface area contributed by atoms with Gasteiger partial charge in [-0.25, -0.2) is 4.79 Å². The topological polar surface area (TPSA) is 175 Å². The van der Waals surface area contributed by atoms with Gasteiger partial charge in [-0.1, -0.05) is 88.9 Å². The number of esters is 1. The lowest BCUT2D eigenvalue weighted by Crippen LogP contribution is -2.72. The number of carbonyl (C=O) groups excluding carboxylic acids is 3. The summed E-state index contributed by atoms with van der Waals surface area (Å²) < 4.78 is 10.8. The number of anilines is 1. The first-order valence-corrected chi connectivity index (χ1v) is 15.7. The first kappa shape index (κ1) is 29.4. The van der Waals surface area contributed by atoms with Crippen LogP contribution in [0.4, 0.5) is 5.13 Å². The van der Waals surface area contributed by atoms with Crippen molar-refractivity contribution in [3.8, 4) is 0 Å². The lowest BCUT2D eigenvalue weighted by atomic mass is 9.86. The summed E-state index contributed by atoms with van der Waals surface area (Å²) in [4.78, 5) is 51.8. The van der Waals surface area contributed by atoms with E-state index in [2.05, 4.69) is 30.0 Å². The van der Waals surface area contributed by atoms with Crippen molar-refractivity contribution < 1.29 is 24.0 Å². The lowest BCUT2D eigenvalue weighted by Gasteiger charge is -2.50. The molecule has 0 aliphatic carbocycles. The molecular formula is C28H24N8O5S3. The number of rotatable bonds is 10. The SMILES string of the molecule is CON=C(C(=O)NC1C(=O)N2C(C(=O)OC(c3ccccc3)c3ccccc3)=C(Sc3nncs3)CCC12)c1nsc(N)n1. The number of oxime groups is 1. The van der Waals surface area contributed by atoms with Gasteiger partial charge in [-0.2, -0.15) is 9.36 Å². The molecule has 6 rings (SSSR count). The summed E-state index contributed by atoms with van der Waals surface area (Å²) in [5.41, 5.74) is 8.72. The summed E-state index contributed by atoms with van der Waals surface area (Å²) >= 11 is 3.49. The molecule has 0 bridgehead atoms. The number of nitrogen functional groups attached to an aromatic ring is 1. The van der Waals surface area contributed by atoms with Crippen molar-refractivity contribution in [2.24, 2.45) is 5.16 Å². The Kier molecular flexibility index (Phi) is 8.63. The number of benzene rings is 2. The van der Waals surface area contributed by atoms with Crippen molar-refractivity contribution in [3.05, 3.63) is 93.7 Å². The second-order valence-electron chi connectivity index (χ2n) is 9.53. The molecule has 13 nitrogen and oxygen atoms in total. The molecule has 1 saturated heterocycles. The fourth-order valence-corrected chi connectivity index (χ4v) is 7.13. The van der Waals surface area contributed by atoms with Crippen LogP contribution in [0.2, 0.25) is 0 Å². The number of thioether (sulfide) groups is 1. The van der Waals surface area contributed by atoms with Gasteiger partial charge in [-0.15, -0.1) is 10.2 Å². The number of nitrogens with zero attached hydrogens (tertiary/aromatic N) is 6. The van der Waals surface area contributed by atoms with Crippen molar-refractivity contribution >= 4 is 63.3 Å². The standard InChI is InChI=1S/C28H24N8O5S3/c1-40-34-20(23-32-27(29)44-35-23)24(37)31-19-17-12-13-18(43-28-33-30-14-42-28)21(36(17)25(19)38)26(39)41-22(15-8-4-2-5-9-15)16-10-6-3-7-11-16/h2-11,14,17,19,22H,12-13H2,1H3,(H,31,37)(H2,29,32,35). The zero-order valence-corrected chi connectivity index (χ0v) is 25.5. The highest BCUT2D eigenvalue weighted by atomic mass is 32.2. The normalized spacial score (nSPS) is 18.1. The second kappa shape index (κ2) is 12.9. The Balaban J connectivity index is 1.29. The molecule has 2 aliphatic rings. The maximum Gasteiger partial charge on any atom is 0.356 e. The number of ether oxygens (including phenoxy) is 1. The van der Waals surface area contributed by atoms with Gasteiger partial charge in [0.25, 0.3) is 11.8 Å². The highest BCUT2D eigenvalue weighted by Gasteiger charge is 2.54. The van der Waals surface area contributed by atoms with Gasteiger partial charge in [0, 0.05) is 16.4 Å². The van der Waals surface area contributed by atoms with Crippen LogP contribution in [0.3, 0.4) is 0 Å². The quantitative estimate of drug-likeness (QED) is 0.112. The van der Waals surface area contributed by atoms with Gasteiger partial charge in [-0.05, 0) is 24.0 Å². The summed E-state index contributed by atoms with van der Waals surface area (Å²) in [5.74, 6) is -1.87. The lowest BCUT2D eigenvalue weighted by molar-refractivity contribution is -0.158. The molecule has 2 aliphatic heterocycles. The van der Waals surface area contributed by atoms with Crippen LogP contribution >= 0.6 is 34.6 Å². The number of carbonyl (C=O) groups is 3. The van der Waals surface area contributed by atoms with E-state index in [1.165, 1.54) is 35.1 Å². The number of β-lactam (4-membered cyclic amide) rings is 1. The maximum absolute atomic E-state index is 14.1. The van der Waals surface area contributed by atoms with E-state index in [9.17, 15) is 14.4 Å². The zero-order chi connectivity index (χ0) is 30.6. The smallest absolute Gasteiger partial charge is 0.356 e. The Morgan fingerprint density at radius 2 is 1.84 bits per heavy atom. The maximum atomic E-state index is 14.1. The monoisotopic (exact) mass is 648 g/mol. The minimum absolute atomic E-state index is 0.0214. The van der Waals surface area contributed by atoms with Crippen LogP contribution < -0.4 is 11.1 Å². The molecule has 16 heteroatoms. The minimum atomic E-state index is -0.921. The largest absolute Gasteiger partial charge is 0.448 e. The molecule has 44 heavy (non-hydrogen) atoms. The molecule has 3 N–H and O–H groups in total. The average Bonchev–Trinajstić information content (AvgIpc) is 3.73. The van der Waals surface area contributed by atoms with Crippen LogP contribution in [-0.4, -0.2) is 67.1 Å². The van der Waals surface area contributed by atoms with Crippen LogP contribution in [0.25, 0.3) is 0 Å². The van der Waals surface area contributed by atoms with E-state index in [0.29, 0.717) is 22.1 Å². The van der Waals surface area contributed by atoms with Crippen LogP contribution in [0.5, 0.6) is 0 Å². The van der Waals surface area contributed by atoms with E-state index in [0.717, 1.165) is 22.7 Å². The minimum Gasteiger partial charge on any atom is -0.448 e. The molecule has 4 heterocycles. The third-order valence-corrected chi connectivity index (χ3v) is 9.37. The molecule has 0 radical (unpaired) electrons. The van der Waals surface area contributed by atoms with Crippen molar-refractivity contribution in [2.75, 3.05) is 12.8 Å². The molecule has 1 fully saturated rings. The van der Waals surface area contributed by atoms with E-state index in [1.807, 2.05) is 60.7 Å². The van der Waals surface area contributed by atoms with E-state index in [4.69, 9.17) is 15.3 Å². The molecule has 2 unspecified atom stereocenters. The van der Waals surface area contributed by atoms with Gasteiger partial charge < -0.3 is 20.6 Å². The number of hydrogen-bond acceptors (Lipinski definition) is 14. The highest BCUT2D eigenvalue weighted by Crippen LogP contribution is 2.44. The zero-order valence-electron chi connectivity index (χ0n) is 23.0. The van der Waals surface area contributed by atoms with Crippen molar-refractivity contribution in [1.29, 1.82) is 0 Å². The fraction of sp³-hybridized carbons (Fsp3) is 0.214. The van der Waals surface area contributed by atoms with Crippen LogP contribution in [-0.2, 0) is 24.0 Å². The summed E-state index contributed by atoms with van der Waals surface area (Å²) in [5, 5.41) is 14.6. The van der Waals surface area contributed by atoms with E-state index < -0.39 is 36.0 Å². The predicted molar refractivity (Wildman–Crippen MR) is 163 cm³/mol. The number of hydrogen-bond donors (Lipinski definition) is 2. The van der Waals surface area contributed by atoms with Gasteiger partial charge in [0.1, 0.15) is 24.4 Å². The third-order valence-electron chi connectivity index (χ3n) is 6.90. The number of fused-ring (bicyclic) bond motifs is 1. The Labute approximate surface area is 263 Å². The molecule has 0 spiro atoms. The summed E-state index contributed by atoms with van der Waals surface area (Å²) in [6.45, 7) is 0. The van der Waals surface area contributed by atoms with Crippen LogP contribution in [0.1, 0.15) is 35.9 Å². The Bertz CT molecular complexity index is 1690. The van der Waals surface area contributed by atoms with Gasteiger partial charge in [0.2, 0.25) is 11.5 Å². The Morgan fingerprint density at radius 3 is 2.43 bits per heavy atom. The average molecular weight is 649 g/mol. The molecular weight excluding hydrogens is 625 g/mol. The van der Waals surface area contributed by atoms with Gasteiger partial charge in [0.05, 0.1) is 6.04 Å². The fourth-order valence-electron chi connectivity index (χ4n) is 4.99. The molecule has 0 saturated carbocycles. The highest BCUT2D eigenvalue weighted by molar-refractivity contribution is 8.04. The van der Waals surface area contributed by atoms with Crippen molar-refractivity contribution in [1.82, 2.24) is 29.8 Å². The second-order valence-corrected chi connectivity index (χ2v) is 12.5. The molecule has 2 amide bonds. The third kappa shape index (κ3) is 5.91. The van der Waals surface area contributed by atoms with E-state index in [-0.39, 0.29) is 22.4 Å². The molecule has 2 atom stereocenters. The van der Waals surface area contributed by atoms with E-state index in [1.54, 1.807) is 5.51 Å². The molecule has 4 aromatic rings. The van der Waals surface area contributed by atoms with Crippen molar-refractivity contribution in [3.63, 3.8) is 0 Å². The number of allylic oxidation sites excluding steroid dienone is 1. The van der Waals surface area contributed by atoms with Crippen LogP contribution in [0, 0.1) is 0 Å². The predicted octanol–water partition coefficient (Wildman–Crippen LogP) is 3.15.